The number of nitrogens with two attached hydrogens (primary N) is 1. The molecule has 1 aliphatic rings. The summed E-state index contributed by atoms with van der Waals surface area (Å²) in [5, 5.41) is 0. The summed E-state index contributed by atoms with van der Waals surface area (Å²) >= 11 is 3.19. The third-order valence-electron chi connectivity index (χ3n) is 4.22. The van der Waals surface area contributed by atoms with Crippen LogP contribution in [0.3, 0.4) is 0 Å². The van der Waals surface area contributed by atoms with Crippen LogP contribution >= 0.6 is 15.9 Å². The highest BCUT2D eigenvalue weighted by atomic mass is 79.9. The van der Waals surface area contributed by atoms with Gasteiger partial charge in [-0.05, 0) is 65.5 Å². The Hall–Kier alpha value is -0.450. The van der Waals surface area contributed by atoms with Crippen LogP contribution in [0.5, 0.6) is 0 Å². The summed E-state index contributed by atoms with van der Waals surface area (Å²) in [6.45, 7) is 4.93. The van der Waals surface area contributed by atoms with Crippen molar-refractivity contribution in [3.05, 3.63) is 34.1 Å². The van der Waals surface area contributed by atoms with Gasteiger partial charge in [-0.15, -0.1) is 0 Å². The van der Waals surface area contributed by atoms with Gasteiger partial charge < -0.3 is 5.73 Å². The minimum Gasteiger partial charge on any atom is -0.329 e. The average molecular weight is 329 g/mol. The molecule has 0 saturated carbocycles. The summed E-state index contributed by atoms with van der Waals surface area (Å²) in [7, 11) is 0. The molecule has 1 saturated heterocycles. The van der Waals surface area contributed by atoms with Crippen molar-refractivity contribution in [3.63, 3.8) is 0 Å². The van der Waals surface area contributed by atoms with Crippen molar-refractivity contribution in [1.29, 1.82) is 0 Å². The molecule has 0 amide bonds. The molecule has 19 heavy (non-hydrogen) atoms. The Morgan fingerprint density at radius 2 is 2.11 bits per heavy atom. The number of halogens is 2. The summed E-state index contributed by atoms with van der Waals surface area (Å²) in [6.07, 6.45) is 3.71. The molecule has 0 bridgehead atoms. The summed E-state index contributed by atoms with van der Waals surface area (Å²) in [5.41, 5.74) is 6.90. The van der Waals surface area contributed by atoms with E-state index in [0.29, 0.717) is 11.0 Å². The van der Waals surface area contributed by atoms with Gasteiger partial charge in [0.05, 0.1) is 4.47 Å². The Labute approximate surface area is 123 Å². The van der Waals surface area contributed by atoms with E-state index >= 15 is 0 Å². The SMILES string of the molecule is CCC1CCN(C(CN)c2ccc(Br)c(F)c2)CC1. The number of hydrogen-bond acceptors (Lipinski definition) is 2. The fraction of sp³-hybridized carbons (Fsp3) is 0.600. The minimum absolute atomic E-state index is 0.139. The second kappa shape index (κ2) is 6.82. The quantitative estimate of drug-likeness (QED) is 0.912. The van der Waals surface area contributed by atoms with E-state index in [-0.39, 0.29) is 11.9 Å². The van der Waals surface area contributed by atoms with Gasteiger partial charge in [-0.3, -0.25) is 4.90 Å². The van der Waals surface area contributed by atoms with Crippen LogP contribution in [0.2, 0.25) is 0 Å². The van der Waals surface area contributed by atoms with Gasteiger partial charge in [0.25, 0.3) is 0 Å². The van der Waals surface area contributed by atoms with E-state index in [2.05, 4.69) is 27.8 Å². The highest BCUT2D eigenvalue weighted by Gasteiger charge is 2.25. The standard InChI is InChI=1S/C15H22BrFN2/c1-2-11-5-7-19(8-6-11)15(10-18)12-3-4-13(16)14(17)9-12/h3-4,9,11,15H,2,5-8,10,18H2,1H3. The van der Waals surface area contributed by atoms with Gasteiger partial charge in [-0.2, -0.15) is 0 Å². The molecule has 1 atom stereocenters. The molecule has 1 unspecified atom stereocenters. The molecular weight excluding hydrogens is 307 g/mol. The van der Waals surface area contributed by atoms with Crippen LogP contribution in [0, 0.1) is 11.7 Å². The van der Waals surface area contributed by atoms with Crippen LogP contribution in [-0.4, -0.2) is 24.5 Å². The van der Waals surface area contributed by atoms with Crippen LogP contribution < -0.4 is 5.73 Å². The maximum atomic E-state index is 13.7. The molecule has 4 heteroatoms. The van der Waals surface area contributed by atoms with Crippen molar-refractivity contribution in [2.45, 2.75) is 32.2 Å². The number of benzene rings is 1. The Bertz CT molecular complexity index is 417. The lowest BCUT2D eigenvalue weighted by Gasteiger charge is -2.37. The van der Waals surface area contributed by atoms with Crippen LogP contribution in [0.25, 0.3) is 0 Å². The molecular formula is C15H22BrFN2. The maximum Gasteiger partial charge on any atom is 0.137 e. The van der Waals surface area contributed by atoms with Gasteiger partial charge in [-0.1, -0.05) is 19.4 Å². The predicted octanol–water partition coefficient (Wildman–Crippen LogP) is 3.71. The van der Waals surface area contributed by atoms with E-state index in [4.69, 9.17) is 5.73 Å². The van der Waals surface area contributed by atoms with E-state index in [9.17, 15) is 4.39 Å². The Morgan fingerprint density at radius 3 is 2.63 bits per heavy atom. The molecule has 0 aromatic heterocycles. The van der Waals surface area contributed by atoms with Crippen LogP contribution in [-0.2, 0) is 0 Å². The van der Waals surface area contributed by atoms with E-state index in [1.54, 1.807) is 12.1 Å². The first-order chi connectivity index (χ1) is 9.15. The summed E-state index contributed by atoms with van der Waals surface area (Å²) in [5.74, 6) is 0.635. The molecule has 2 nitrogen and oxygen atoms in total. The smallest absolute Gasteiger partial charge is 0.137 e. The molecule has 1 aromatic carbocycles. The molecule has 0 spiro atoms. The lowest BCUT2D eigenvalue weighted by molar-refractivity contribution is 0.133. The van der Waals surface area contributed by atoms with Gasteiger partial charge in [0, 0.05) is 12.6 Å². The van der Waals surface area contributed by atoms with Crippen molar-refractivity contribution in [2.24, 2.45) is 11.7 Å². The van der Waals surface area contributed by atoms with Crippen molar-refractivity contribution in [2.75, 3.05) is 19.6 Å². The van der Waals surface area contributed by atoms with Crippen molar-refractivity contribution in [1.82, 2.24) is 4.90 Å². The lowest BCUT2D eigenvalue weighted by atomic mass is 9.92. The molecule has 2 N–H and O–H groups in total. The second-order valence-corrected chi connectivity index (χ2v) is 6.17. The van der Waals surface area contributed by atoms with Gasteiger partial charge in [0.15, 0.2) is 0 Å². The highest BCUT2D eigenvalue weighted by molar-refractivity contribution is 9.10. The zero-order chi connectivity index (χ0) is 13.8. The number of hydrogen-bond donors (Lipinski definition) is 1. The number of rotatable bonds is 4. The lowest BCUT2D eigenvalue weighted by Crippen LogP contribution is -2.39. The minimum atomic E-state index is -0.209. The van der Waals surface area contributed by atoms with E-state index in [1.807, 2.05) is 6.07 Å². The monoisotopic (exact) mass is 328 g/mol. The van der Waals surface area contributed by atoms with Crippen LogP contribution in [0.1, 0.15) is 37.8 Å². The van der Waals surface area contributed by atoms with E-state index in [1.165, 1.54) is 19.3 Å². The topological polar surface area (TPSA) is 29.3 Å². The van der Waals surface area contributed by atoms with Gasteiger partial charge in [0.1, 0.15) is 5.82 Å². The largest absolute Gasteiger partial charge is 0.329 e. The number of piperidine rings is 1. The molecule has 2 rings (SSSR count). The zero-order valence-electron chi connectivity index (χ0n) is 11.4. The van der Waals surface area contributed by atoms with Crippen molar-refractivity contribution in [3.8, 4) is 0 Å². The Kier molecular flexibility index (Phi) is 5.37. The average Bonchev–Trinajstić information content (AvgIpc) is 2.44. The first kappa shape index (κ1) is 14.9. The maximum absolute atomic E-state index is 13.7. The second-order valence-electron chi connectivity index (χ2n) is 5.31. The van der Waals surface area contributed by atoms with E-state index in [0.717, 1.165) is 24.6 Å². The molecule has 1 fully saturated rings. The molecule has 0 radical (unpaired) electrons. The fourth-order valence-electron chi connectivity index (χ4n) is 2.89. The van der Waals surface area contributed by atoms with Crippen LogP contribution in [0.15, 0.2) is 22.7 Å². The number of nitrogens with zero attached hydrogens (tertiary/aromatic N) is 1. The Morgan fingerprint density at radius 1 is 1.42 bits per heavy atom. The first-order valence-corrected chi connectivity index (χ1v) is 7.84. The highest BCUT2D eigenvalue weighted by Crippen LogP contribution is 2.29. The summed E-state index contributed by atoms with van der Waals surface area (Å²) < 4.78 is 14.2. The van der Waals surface area contributed by atoms with Gasteiger partial charge >= 0.3 is 0 Å². The predicted molar refractivity (Wildman–Crippen MR) is 80.5 cm³/mol. The third-order valence-corrected chi connectivity index (χ3v) is 4.86. The molecule has 1 aromatic rings. The van der Waals surface area contributed by atoms with Gasteiger partial charge in [0.2, 0.25) is 0 Å². The molecule has 106 valence electrons. The van der Waals surface area contributed by atoms with Crippen LogP contribution in [0.4, 0.5) is 4.39 Å². The first-order valence-electron chi connectivity index (χ1n) is 7.04. The van der Waals surface area contributed by atoms with Gasteiger partial charge in [-0.25, -0.2) is 4.39 Å². The van der Waals surface area contributed by atoms with E-state index < -0.39 is 0 Å². The molecule has 1 aliphatic heterocycles. The third kappa shape index (κ3) is 3.56. The normalized spacial score (nSPS) is 19.6. The Balaban J connectivity index is 2.09. The molecule has 1 heterocycles. The fourth-order valence-corrected chi connectivity index (χ4v) is 3.14. The van der Waals surface area contributed by atoms with Crippen molar-refractivity contribution >= 4 is 15.9 Å². The number of likely N-dealkylation sites (tertiary alicyclic amines) is 1. The summed E-state index contributed by atoms with van der Waals surface area (Å²) in [4.78, 5) is 2.40. The summed E-state index contributed by atoms with van der Waals surface area (Å²) in [6, 6.07) is 5.48. The molecule has 0 aliphatic carbocycles. The van der Waals surface area contributed by atoms with Crippen molar-refractivity contribution < 1.29 is 4.39 Å². The zero-order valence-corrected chi connectivity index (χ0v) is 13.0.